The van der Waals surface area contributed by atoms with E-state index in [4.69, 9.17) is 4.74 Å². The van der Waals surface area contributed by atoms with Crippen molar-refractivity contribution < 1.29 is 14.6 Å². The largest absolute Gasteiger partial charge is 0.508 e. The third-order valence-electron chi connectivity index (χ3n) is 4.08. The lowest BCUT2D eigenvalue weighted by Gasteiger charge is -2.37. The smallest absolute Gasteiger partial charge is 0.338 e. The summed E-state index contributed by atoms with van der Waals surface area (Å²) in [5.41, 5.74) is 0.102. The number of carbonyl (C=O) groups is 1. The van der Waals surface area contributed by atoms with Gasteiger partial charge in [-0.05, 0) is 49.4 Å². The third-order valence-corrected chi connectivity index (χ3v) is 4.08. The van der Waals surface area contributed by atoms with E-state index in [0.717, 1.165) is 32.1 Å². The van der Waals surface area contributed by atoms with Crippen LogP contribution in [0.3, 0.4) is 0 Å². The minimum absolute atomic E-state index is 0.154. The number of ether oxygens (including phenoxy) is 1. The minimum Gasteiger partial charge on any atom is -0.508 e. The fraction of sp³-hybridized carbons (Fsp3) is 0.611. The fourth-order valence-electron chi connectivity index (χ4n) is 2.66. The Bertz CT molecular complexity index is 436. The SMILES string of the molecule is CCCCC(CCC)(OC(=O)c1ccc(O)cc1)C(C)C. The lowest BCUT2D eigenvalue weighted by atomic mass is 9.81. The molecule has 1 atom stereocenters. The Morgan fingerprint density at radius 2 is 1.76 bits per heavy atom. The van der Waals surface area contributed by atoms with Crippen molar-refractivity contribution in [1.82, 2.24) is 0 Å². The van der Waals surface area contributed by atoms with Gasteiger partial charge in [-0.25, -0.2) is 4.79 Å². The summed E-state index contributed by atoms with van der Waals surface area (Å²) >= 11 is 0. The molecule has 0 saturated heterocycles. The molecule has 21 heavy (non-hydrogen) atoms. The van der Waals surface area contributed by atoms with Gasteiger partial charge >= 0.3 is 5.97 Å². The summed E-state index contributed by atoms with van der Waals surface area (Å²) in [7, 11) is 0. The lowest BCUT2D eigenvalue weighted by Crippen LogP contribution is -2.40. The van der Waals surface area contributed by atoms with E-state index in [0.29, 0.717) is 5.56 Å². The molecule has 0 spiro atoms. The average Bonchev–Trinajstić information content (AvgIpc) is 2.45. The van der Waals surface area contributed by atoms with Gasteiger partial charge in [-0.1, -0.05) is 40.5 Å². The Morgan fingerprint density at radius 1 is 1.14 bits per heavy atom. The number of phenols is 1. The first-order valence-electron chi connectivity index (χ1n) is 7.97. The fourth-order valence-corrected chi connectivity index (χ4v) is 2.66. The van der Waals surface area contributed by atoms with Gasteiger partial charge in [0.2, 0.25) is 0 Å². The van der Waals surface area contributed by atoms with E-state index in [1.54, 1.807) is 12.1 Å². The van der Waals surface area contributed by atoms with Gasteiger partial charge < -0.3 is 9.84 Å². The van der Waals surface area contributed by atoms with Gasteiger partial charge in [0.1, 0.15) is 11.4 Å². The highest BCUT2D eigenvalue weighted by Crippen LogP contribution is 2.34. The van der Waals surface area contributed by atoms with Gasteiger partial charge in [-0.3, -0.25) is 0 Å². The molecule has 0 aliphatic carbocycles. The molecule has 0 aliphatic heterocycles. The molecule has 1 unspecified atom stereocenters. The van der Waals surface area contributed by atoms with Crippen LogP contribution in [0.25, 0.3) is 0 Å². The molecule has 1 aromatic carbocycles. The van der Waals surface area contributed by atoms with Crippen LogP contribution in [0.2, 0.25) is 0 Å². The highest BCUT2D eigenvalue weighted by molar-refractivity contribution is 5.89. The molecule has 0 saturated carbocycles. The first-order chi connectivity index (χ1) is 9.95. The van der Waals surface area contributed by atoms with Crippen molar-refractivity contribution in [2.75, 3.05) is 0 Å². The Hall–Kier alpha value is -1.51. The molecule has 3 nitrogen and oxygen atoms in total. The first-order valence-corrected chi connectivity index (χ1v) is 7.97. The zero-order valence-corrected chi connectivity index (χ0v) is 13.7. The second-order valence-corrected chi connectivity index (χ2v) is 6.01. The molecule has 0 aliphatic rings. The number of hydrogen-bond donors (Lipinski definition) is 1. The Morgan fingerprint density at radius 3 is 2.24 bits per heavy atom. The second-order valence-electron chi connectivity index (χ2n) is 6.01. The summed E-state index contributed by atoms with van der Waals surface area (Å²) in [6, 6.07) is 6.24. The van der Waals surface area contributed by atoms with Crippen LogP contribution in [0.5, 0.6) is 5.75 Å². The minimum atomic E-state index is -0.389. The Balaban J connectivity index is 2.92. The monoisotopic (exact) mass is 292 g/mol. The van der Waals surface area contributed by atoms with E-state index in [1.165, 1.54) is 12.1 Å². The normalized spacial score (nSPS) is 14.0. The van der Waals surface area contributed by atoms with E-state index < -0.39 is 0 Å². The molecule has 3 heteroatoms. The first kappa shape index (κ1) is 17.5. The van der Waals surface area contributed by atoms with Crippen LogP contribution in [0, 0.1) is 5.92 Å². The van der Waals surface area contributed by atoms with Crippen molar-refractivity contribution in [3.8, 4) is 5.75 Å². The van der Waals surface area contributed by atoms with Crippen LogP contribution >= 0.6 is 0 Å². The van der Waals surface area contributed by atoms with Crippen molar-refractivity contribution >= 4 is 5.97 Å². The average molecular weight is 292 g/mol. The molecular formula is C18H28O3. The number of carbonyl (C=O) groups excluding carboxylic acids is 1. The molecule has 1 N–H and O–H groups in total. The van der Waals surface area contributed by atoms with Crippen LogP contribution in [-0.4, -0.2) is 16.7 Å². The lowest BCUT2D eigenvalue weighted by molar-refractivity contribution is -0.0553. The van der Waals surface area contributed by atoms with Crippen molar-refractivity contribution in [1.29, 1.82) is 0 Å². The molecule has 1 rings (SSSR count). The predicted molar refractivity (Wildman–Crippen MR) is 85.5 cm³/mol. The quantitative estimate of drug-likeness (QED) is 0.691. The maximum absolute atomic E-state index is 12.4. The van der Waals surface area contributed by atoms with E-state index in [2.05, 4.69) is 27.7 Å². The Labute approximate surface area is 128 Å². The standard InChI is InChI=1S/C18H28O3/c1-5-7-13-18(12-6-2,14(3)4)21-17(20)15-8-10-16(19)11-9-15/h8-11,14,19H,5-7,12-13H2,1-4H3. The van der Waals surface area contributed by atoms with E-state index in [9.17, 15) is 9.90 Å². The molecule has 0 heterocycles. The summed E-state index contributed by atoms with van der Waals surface area (Å²) in [5, 5.41) is 9.31. The van der Waals surface area contributed by atoms with Crippen LogP contribution in [0.1, 0.15) is 70.2 Å². The maximum Gasteiger partial charge on any atom is 0.338 e. The number of rotatable bonds is 8. The van der Waals surface area contributed by atoms with E-state index in [-0.39, 0.29) is 23.2 Å². The molecule has 0 amide bonds. The van der Waals surface area contributed by atoms with E-state index >= 15 is 0 Å². The van der Waals surface area contributed by atoms with Gasteiger partial charge in [-0.2, -0.15) is 0 Å². The maximum atomic E-state index is 12.4. The Kier molecular flexibility index (Phi) is 6.73. The molecule has 118 valence electrons. The van der Waals surface area contributed by atoms with Crippen LogP contribution in [0.15, 0.2) is 24.3 Å². The number of hydrogen-bond acceptors (Lipinski definition) is 3. The van der Waals surface area contributed by atoms with Crippen molar-refractivity contribution in [2.24, 2.45) is 5.92 Å². The number of aromatic hydroxyl groups is 1. The number of unbranched alkanes of at least 4 members (excludes halogenated alkanes) is 1. The van der Waals surface area contributed by atoms with Crippen LogP contribution in [0.4, 0.5) is 0 Å². The van der Waals surface area contributed by atoms with E-state index in [1.807, 2.05) is 0 Å². The highest BCUT2D eigenvalue weighted by Gasteiger charge is 2.36. The van der Waals surface area contributed by atoms with Crippen LogP contribution in [-0.2, 0) is 4.74 Å². The summed E-state index contributed by atoms with van der Waals surface area (Å²) < 4.78 is 5.95. The molecule has 1 aromatic rings. The topological polar surface area (TPSA) is 46.5 Å². The van der Waals surface area contributed by atoms with Crippen molar-refractivity contribution in [2.45, 2.75) is 65.4 Å². The highest BCUT2D eigenvalue weighted by atomic mass is 16.6. The van der Waals surface area contributed by atoms with Crippen LogP contribution < -0.4 is 0 Å². The predicted octanol–water partition coefficient (Wildman–Crippen LogP) is 4.93. The molecule has 0 fully saturated rings. The molecular weight excluding hydrogens is 264 g/mol. The van der Waals surface area contributed by atoms with Crippen molar-refractivity contribution in [3.63, 3.8) is 0 Å². The van der Waals surface area contributed by atoms with Gasteiger partial charge in [0.25, 0.3) is 0 Å². The summed E-state index contributed by atoms with van der Waals surface area (Å²) in [6.45, 7) is 8.52. The molecule has 0 bridgehead atoms. The second kappa shape index (κ2) is 8.06. The number of phenolic OH excluding ortho intramolecular Hbond substituents is 1. The summed E-state index contributed by atoms with van der Waals surface area (Å²) in [6.07, 6.45) is 4.92. The number of benzene rings is 1. The zero-order valence-electron chi connectivity index (χ0n) is 13.7. The molecule has 0 aromatic heterocycles. The van der Waals surface area contributed by atoms with Gasteiger partial charge in [-0.15, -0.1) is 0 Å². The third kappa shape index (κ3) is 4.76. The number of esters is 1. The van der Waals surface area contributed by atoms with Gasteiger partial charge in [0, 0.05) is 0 Å². The summed E-state index contributed by atoms with van der Waals surface area (Å²) in [4.78, 5) is 12.4. The van der Waals surface area contributed by atoms with Gasteiger partial charge in [0.15, 0.2) is 0 Å². The molecule has 0 radical (unpaired) electrons. The van der Waals surface area contributed by atoms with Crippen molar-refractivity contribution in [3.05, 3.63) is 29.8 Å². The summed E-state index contributed by atoms with van der Waals surface area (Å²) in [5.74, 6) is 0.138. The van der Waals surface area contributed by atoms with Gasteiger partial charge in [0.05, 0.1) is 5.56 Å². The zero-order chi connectivity index (χ0) is 15.9.